The molecule has 1 aliphatic heterocycles. The minimum atomic E-state index is -0.00458. The smallest absolute Gasteiger partial charge is 0.272 e. The van der Waals surface area contributed by atoms with Gasteiger partial charge in [0.1, 0.15) is 5.69 Å². The molecule has 3 rings (SSSR count). The van der Waals surface area contributed by atoms with Gasteiger partial charge >= 0.3 is 0 Å². The molecule has 1 amide bonds. The number of halogens is 1. The topological polar surface area (TPSA) is 73.9 Å². The van der Waals surface area contributed by atoms with Crippen LogP contribution in [0, 0.1) is 0 Å². The first-order valence-electron chi connectivity index (χ1n) is 7.75. The maximum absolute atomic E-state index is 12.8. The summed E-state index contributed by atoms with van der Waals surface area (Å²) in [5.74, 6) is -0.00458. The Morgan fingerprint density at radius 3 is 2.87 bits per heavy atom. The molecule has 23 heavy (non-hydrogen) atoms. The molecule has 124 valence electrons. The van der Waals surface area contributed by atoms with Gasteiger partial charge in [0.25, 0.3) is 5.91 Å². The SMILES string of the molecule is Cl.O=C(c1ccn[nH]1)N(Cc1ccccn1)C1CCCNCC1. The Balaban J connectivity index is 0.00000192. The van der Waals surface area contributed by atoms with Crippen molar-refractivity contribution >= 4 is 18.3 Å². The van der Waals surface area contributed by atoms with Crippen molar-refractivity contribution in [1.29, 1.82) is 0 Å². The van der Waals surface area contributed by atoms with Gasteiger partial charge in [-0.2, -0.15) is 5.10 Å². The summed E-state index contributed by atoms with van der Waals surface area (Å²) in [6, 6.07) is 7.76. The Bertz CT molecular complexity index is 582. The van der Waals surface area contributed by atoms with Crippen LogP contribution < -0.4 is 5.32 Å². The Hall–Kier alpha value is -1.92. The molecule has 0 aliphatic carbocycles. The van der Waals surface area contributed by atoms with Crippen LogP contribution >= 0.6 is 12.4 Å². The number of aromatic amines is 1. The van der Waals surface area contributed by atoms with Crippen LogP contribution in [0.3, 0.4) is 0 Å². The first kappa shape index (κ1) is 17.4. The van der Waals surface area contributed by atoms with E-state index in [2.05, 4.69) is 20.5 Å². The molecule has 2 aromatic rings. The highest BCUT2D eigenvalue weighted by Crippen LogP contribution is 2.18. The third-order valence-corrected chi connectivity index (χ3v) is 4.04. The van der Waals surface area contributed by atoms with Crippen molar-refractivity contribution in [2.75, 3.05) is 13.1 Å². The quantitative estimate of drug-likeness (QED) is 0.896. The number of hydrogen-bond donors (Lipinski definition) is 2. The van der Waals surface area contributed by atoms with Crippen LogP contribution in [-0.2, 0) is 6.54 Å². The van der Waals surface area contributed by atoms with Gasteiger partial charge in [0, 0.05) is 18.4 Å². The highest BCUT2D eigenvalue weighted by atomic mass is 35.5. The van der Waals surface area contributed by atoms with Crippen LogP contribution in [0.1, 0.15) is 35.4 Å². The van der Waals surface area contributed by atoms with E-state index in [0.29, 0.717) is 12.2 Å². The average Bonchev–Trinajstić information content (AvgIpc) is 2.96. The van der Waals surface area contributed by atoms with E-state index in [-0.39, 0.29) is 24.4 Å². The second-order valence-corrected chi connectivity index (χ2v) is 5.56. The molecular weight excluding hydrogens is 314 g/mol. The largest absolute Gasteiger partial charge is 0.328 e. The van der Waals surface area contributed by atoms with Gasteiger partial charge < -0.3 is 10.2 Å². The Labute approximate surface area is 142 Å². The van der Waals surface area contributed by atoms with E-state index < -0.39 is 0 Å². The molecule has 1 aliphatic rings. The maximum atomic E-state index is 12.8. The van der Waals surface area contributed by atoms with E-state index in [1.807, 2.05) is 23.1 Å². The third-order valence-electron chi connectivity index (χ3n) is 4.04. The number of pyridine rings is 1. The Morgan fingerprint density at radius 1 is 1.22 bits per heavy atom. The number of hydrogen-bond acceptors (Lipinski definition) is 4. The van der Waals surface area contributed by atoms with Gasteiger partial charge in [-0.1, -0.05) is 6.07 Å². The molecule has 1 saturated heterocycles. The fourth-order valence-corrected chi connectivity index (χ4v) is 2.87. The molecule has 0 spiro atoms. The van der Waals surface area contributed by atoms with Crippen LogP contribution in [0.5, 0.6) is 0 Å². The van der Waals surface area contributed by atoms with Crippen molar-refractivity contribution in [3.63, 3.8) is 0 Å². The van der Waals surface area contributed by atoms with E-state index in [1.54, 1.807) is 18.5 Å². The summed E-state index contributed by atoms with van der Waals surface area (Å²) < 4.78 is 0. The second kappa shape index (κ2) is 8.64. The van der Waals surface area contributed by atoms with Crippen molar-refractivity contribution in [3.05, 3.63) is 48.0 Å². The lowest BCUT2D eigenvalue weighted by molar-refractivity contribution is 0.0636. The highest BCUT2D eigenvalue weighted by molar-refractivity contribution is 5.92. The monoisotopic (exact) mass is 335 g/mol. The number of H-pyrrole nitrogens is 1. The molecule has 2 N–H and O–H groups in total. The van der Waals surface area contributed by atoms with Crippen LogP contribution in [0.2, 0.25) is 0 Å². The fourth-order valence-electron chi connectivity index (χ4n) is 2.87. The standard InChI is InChI=1S/C16H21N5O.ClH/c22-16(15-7-11-19-20-15)21(12-13-4-1-2-9-18-13)14-5-3-8-17-10-6-14;/h1-2,4,7,9,11,14,17H,3,5-6,8,10,12H2,(H,19,20);1H. The van der Waals surface area contributed by atoms with Crippen molar-refractivity contribution in [1.82, 2.24) is 25.4 Å². The summed E-state index contributed by atoms with van der Waals surface area (Å²) in [5.41, 5.74) is 1.45. The molecular formula is C16H22ClN5O. The zero-order valence-corrected chi connectivity index (χ0v) is 13.8. The predicted octanol–water partition coefficient (Wildman–Crippen LogP) is 2.01. The lowest BCUT2D eigenvalue weighted by atomic mass is 10.1. The van der Waals surface area contributed by atoms with Gasteiger partial charge in [0.2, 0.25) is 0 Å². The lowest BCUT2D eigenvalue weighted by Gasteiger charge is -2.30. The van der Waals surface area contributed by atoms with Gasteiger partial charge in [-0.25, -0.2) is 0 Å². The van der Waals surface area contributed by atoms with Crippen molar-refractivity contribution < 1.29 is 4.79 Å². The lowest BCUT2D eigenvalue weighted by Crippen LogP contribution is -2.40. The van der Waals surface area contributed by atoms with Crippen LogP contribution in [-0.4, -0.2) is 45.1 Å². The first-order valence-corrected chi connectivity index (χ1v) is 7.75. The third kappa shape index (κ3) is 4.53. The molecule has 1 atom stereocenters. The predicted molar refractivity (Wildman–Crippen MR) is 90.5 cm³/mol. The van der Waals surface area contributed by atoms with Gasteiger partial charge in [-0.3, -0.25) is 14.9 Å². The highest BCUT2D eigenvalue weighted by Gasteiger charge is 2.26. The average molecular weight is 336 g/mol. The van der Waals surface area contributed by atoms with E-state index >= 15 is 0 Å². The number of nitrogens with zero attached hydrogens (tertiary/aromatic N) is 3. The molecule has 0 saturated carbocycles. The fraction of sp³-hybridized carbons (Fsp3) is 0.438. The van der Waals surface area contributed by atoms with Gasteiger partial charge in [0.05, 0.1) is 12.2 Å². The van der Waals surface area contributed by atoms with Crippen molar-refractivity contribution in [2.45, 2.75) is 31.8 Å². The maximum Gasteiger partial charge on any atom is 0.272 e. The number of amides is 1. The first-order chi connectivity index (χ1) is 10.8. The second-order valence-electron chi connectivity index (χ2n) is 5.56. The van der Waals surface area contributed by atoms with E-state index in [4.69, 9.17) is 0 Å². The minimum absolute atomic E-state index is 0. The molecule has 3 heterocycles. The van der Waals surface area contributed by atoms with E-state index in [1.165, 1.54) is 0 Å². The zero-order valence-electron chi connectivity index (χ0n) is 12.9. The van der Waals surface area contributed by atoms with Crippen molar-refractivity contribution in [2.24, 2.45) is 0 Å². The molecule has 6 nitrogen and oxygen atoms in total. The summed E-state index contributed by atoms with van der Waals surface area (Å²) in [6.07, 6.45) is 6.44. The zero-order chi connectivity index (χ0) is 15.2. The molecule has 7 heteroatoms. The normalized spacial score (nSPS) is 17.8. The molecule has 2 aromatic heterocycles. The number of rotatable bonds is 4. The van der Waals surface area contributed by atoms with Gasteiger partial charge in [0.15, 0.2) is 0 Å². The summed E-state index contributed by atoms with van der Waals surface area (Å²) in [5, 5.41) is 10.1. The van der Waals surface area contributed by atoms with Crippen LogP contribution in [0.4, 0.5) is 0 Å². The summed E-state index contributed by atoms with van der Waals surface area (Å²) in [4.78, 5) is 19.1. The molecule has 0 aromatic carbocycles. The summed E-state index contributed by atoms with van der Waals surface area (Å²) in [7, 11) is 0. The van der Waals surface area contributed by atoms with Gasteiger partial charge in [-0.05, 0) is 50.6 Å². The van der Waals surface area contributed by atoms with E-state index in [0.717, 1.165) is 38.0 Å². The number of aromatic nitrogens is 3. The van der Waals surface area contributed by atoms with E-state index in [9.17, 15) is 4.79 Å². The number of nitrogens with one attached hydrogen (secondary N) is 2. The van der Waals surface area contributed by atoms with Crippen molar-refractivity contribution in [3.8, 4) is 0 Å². The molecule has 0 bridgehead atoms. The molecule has 1 unspecified atom stereocenters. The minimum Gasteiger partial charge on any atom is -0.328 e. The Kier molecular flexibility index (Phi) is 6.55. The number of carbonyl (C=O) groups is 1. The number of carbonyl (C=O) groups excluding carboxylic acids is 1. The molecule has 1 fully saturated rings. The summed E-state index contributed by atoms with van der Waals surface area (Å²) >= 11 is 0. The van der Waals surface area contributed by atoms with Crippen LogP contribution in [0.15, 0.2) is 36.7 Å². The Morgan fingerprint density at radius 2 is 2.13 bits per heavy atom. The summed E-state index contributed by atoms with van der Waals surface area (Å²) in [6.45, 7) is 2.50. The molecule has 0 radical (unpaired) electrons. The van der Waals surface area contributed by atoms with Crippen LogP contribution in [0.25, 0.3) is 0 Å². The van der Waals surface area contributed by atoms with Gasteiger partial charge in [-0.15, -0.1) is 12.4 Å².